The van der Waals surface area contributed by atoms with Crippen molar-refractivity contribution in [2.24, 2.45) is 0 Å². The molecule has 1 unspecified atom stereocenters. The standard InChI is InChI=1S/C27H29N3O5/c1-5-6-33-25-14(3)26-27(35-12-34-26)17-11-30-19(9-16(17)25)22-21-15(8-18(29-22)20(30)10-28)7-13(2)24(32-4)23(21)31/h5,7,18-20,22,29,31H,1,6,8-9,11-12H2,2-4H3/t18-,19?,20-,22+/m0/s1. The Bertz CT molecular complexity index is 1280. The molecule has 0 aliphatic carbocycles. The van der Waals surface area contributed by atoms with Crippen LogP contribution in [0.2, 0.25) is 0 Å². The van der Waals surface area contributed by atoms with Crippen molar-refractivity contribution in [2.45, 2.75) is 57.4 Å². The van der Waals surface area contributed by atoms with Crippen LogP contribution in [0.25, 0.3) is 0 Å². The number of nitriles is 1. The molecule has 6 rings (SSSR count). The van der Waals surface area contributed by atoms with Crippen LogP contribution in [0, 0.1) is 25.2 Å². The van der Waals surface area contributed by atoms with Crippen LogP contribution in [-0.4, -0.2) is 48.6 Å². The number of aromatic hydroxyl groups is 1. The number of phenols is 1. The van der Waals surface area contributed by atoms with Gasteiger partial charge < -0.3 is 29.4 Å². The highest BCUT2D eigenvalue weighted by atomic mass is 16.7. The highest BCUT2D eigenvalue weighted by Gasteiger charge is 2.51. The van der Waals surface area contributed by atoms with Gasteiger partial charge in [0, 0.05) is 40.9 Å². The molecule has 0 aromatic heterocycles. The number of nitrogens with zero attached hydrogens (tertiary/aromatic N) is 2. The number of rotatable bonds is 4. The highest BCUT2D eigenvalue weighted by Crippen LogP contribution is 2.53. The van der Waals surface area contributed by atoms with Crippen molar-refractivity contribution in [1.82, 2.24) is 10.2 Å². The number of nitrogens with one attached hydrogen (secondary N) is 1. The monoisotopic (exact) mass is 475 g/mol. The molecular weight excluding hydrogens is 446 g/mol. The van der Waals surface area contributed by atoms with Gasteiger partial charge in [0.15, 0.2) is 23.0 Å². The van der Waals surface area contributed by atoms with Gasteiger partial charge in [0.2, 0.25) is 6.79 Å². The van der Waals surface area contributed by atoms with E-state index in [1.807, 2.05) is 13.8 Å². The van der Waals surface area contributed by atoms with Crippen molar-refractivity contribution in [1.29, 1.82) is 5.26 Å². The fourth-order valence-corrected chi connectivity index (χ4v) is 6.50. The average Bonchev–Trinajstić information content (AvgIpc) is 3.34. The number of hydrogen-bond donors (Lipinski definition) is 2. The number of hydrogen-bond acceptors (Lipinski definition) is 8. The Balaban J connectivity index is 1.52. The van der Waals surface area contributed by atoms with Crippen molar-refractivity contribution < 1.29 is 24.1 Å². The van der Waals surface area contributed by atoms with Crippen molar-refractivity contribution >= 4 is 0 Å². The van der Waals surface area contributed by atoms with E-state index >= 15 is 0 Å². The fraction of sp³-hybridized carbons (Fsp3) is 0.444. The maximum atomic E-state index is 11.3. The summed E-state index contributed by atoms with van der Waals surface area (Å²) >= 11 is 0. The lowest BCUT2D eigenvalue weighted by atomic mass is 9.74. The molecule has 8 nitrogen and oxygen atoms in total. The summed E-state index contributed by atoms with van der Waals surface area (Å²) in [5, 5.41) is 25.2. The van der Waals surface area contributed by atoms with Crippen LogP contribution >= 0.6 is 0 Å². The van der Waals surface area contributed by atoms with E-state index in [0.29, 0.717) is 37.5 Å². The molecule has 0 spiro atoms. The van der Waals surface area contributed by atoms with Gasteiger partial charge in [-0.2, -0.15) is 5.26 Å². The molecule has 4 heterocycles. The maximum Gasteiger partial charge on any atom is 0.231 e. The van der Waals surface area contributed by atoms with E-state index in [9.17, 15) is 10.4 Å². The number of ether oxygens (including phenoxy) is 4. The maximum absolute atomic E-state index is 11.3. The Kier molecular flexibility index (Phi) is 5.09. The predicted octanol–water partition coefficient (Wildman–Crippen LogP) is 3.20. The number of methoxy groups -OCH3 is 1. The number of piperazine rings is 1. The molecule has 2 aromatic rings. The zero-order valence-corrected chi connectivity index (χ0v) is 20.2. The van der Waals surface area contributed by atoms with Gasteiger partial charge in [0.05, 0.1) is 19.2 Å². The van der Waals surface area contributed by atoms with Crippen LogP contribution in [-0.2, 0) is 19.4 Å². The lowest BCUT2D eigenvalue weighted by molar-refractivity contribution is 0.0301. The molecule has 182 valence electrons. The molecule has 8 heteroatoms. The van der Waals surface area contributed by atoms with E-state index in [2.05, 4.69) is 28.9 Å². The Hall–Kier alpha value is -3.41. The third kappa shape index (κ3) is 3.05. The number of aryl methyl sites for hydroxylation is 1. The molecule has 1 fully saturated rings. The molecule has 4 aliphatic rings. The molecule has 35 heavy (non-hydrogen) atoms. The van der Waals surface area contributed by atoms with Crippen molar-refractivity contribution in [2.75, 3.05) is 20.5 Å². The molecule has 0 amide bonds. The van der Waals surface area contributed by atoms with Crippen molar-refractivity contribution in [3.63, 3.8) is 0 Å². The third-order valence-electron chi connectivity index (χ3n) is 7.90. The van der Waals surface area contributed by atoms with Crippen molar-refractivity contribution in [3.8, 4) is 34.8 Å². The van der Waals surface area contributed by atoms with Gasteiger partial charge in [-0.15, -0.1) is 0 Å². The van der Waals surface area contributed by atoms with Crippen LogP contribution in [0.3, 0.4) is 0 Å². The van der Waals surface area contributed by atoms with Gasteiger partial charge in [0.25, 0.3) is 0 Å². The van der Waals surface area contributed by atoms with E-state index in [4.69, 9.17) is 18.9 Å². The minimum Gasteiger partial charge on any atom is -0.504 e. The molecule has 0 radical (unpaired) electrons. The van der Waals surface area contributed by atoms with Crippen LogP contribution in [0.1, 0.15) is 39.4 Å². The molecule has 2 aromatic carbocycles. The lowest BCUT2D eigenvalue weighted by Gasteiger charge is -2.54. The summed E-state index contributed by atoms with van der Waals surface area (Å²) in [5.41, 5.74) is 5.83. The van der Waals surface area contributed by atoms with E-state index < -0.39 is 0 Å². The van der Waals surface area contributed by atoms with E-state index in [1.165, 1.54) is 0 Å². The summed E-state index contributed by atoms with van der Waals surface area (Å²) in [7, 11) is 1.58. The van der Waals surface area contributed by atoms with Gasteiger partial charge in [0.1, 0.15) is 18.4 Å². The zero-order valence-electron chi connectivity index (χ0n) is 20.2. The van der Waals surface area contributed by atoms with E-state index in [1.54, 1.807) is 13.2 Å². The van der Waals surface area contributed by atoms with Crippen LogP contribution in [0.5, 0.6) is 28.7 Å². The largest absolute Gasteiger partial charge is 0.504 e. The molecule has 4 aliphatic heterocycles. The Labute approximate surface area is 204 Å². The second-order valence-corrected chi connectivity index (χ2v) is 9.70. The minimum absolute atomic E-state index is 0.0466. The smallest absolute Gasteiger partial charge is 0.231 e. The second kappa shape index (κ2) is 8.08. The molecule has 2 N–H and O–H groups in total. The third-order valence-corrected chi connectivity index (χ3v) is 7.90. The first-order chi connectivity index (χ1) is 17.0. The van der Waals surface area contributed by atoms with Crippen LogP contribution in [0.4, 0.5) is 0 Å². The quantitative estimate of drug-likeness (QED) is 0.651. The second-order valence-electron chi connectivity index (χ2n) is 9.70. The normalized spacial score (nSPS) is 25.7. The molecule has 1 saturated heterocycles. The van der Waals surface area contributed by atoms with Crippen LogP contribution in [0.15, 0.2) is 18.7 Å². The fourth-order valence-electron chi connectivity index (χ4n) is 6.50. The van der Waals surface area contributed by atoms with Crippen molar-refractivity contribution in [3.05, 3.63) is 52.1 Å². The Morgan fingerprint density at radius 1 is 1.26 bits per heavy atom. The van der Waals surface area contributed by atoms with E-state index in [0.717, 1.165) is 44.9 Å². The zero-order chi connectivity index (χ0) is 24.4. The SMILES string of the molecule is C=CCOc1c(C)c2c(c3c1CC1[C@H]4N[C@@H](Cc5cc(C)c(OC)c(O)c54)[C@H](C#N)N1C3)OCO2. The first-order valence-corrected chi connectivity index (χ1v) is 12.0. The number of benzene rings is 2. The molecular formula is C27H29N3O5. The topological polar surface area (TPSA) is 96.2 Å². The molecule has 2 bridgehead atoms. The van der Waals surface area contributed by atoms with Gasteiger partial charge in [-0.3, -0.25) is 4.90 Å². The van der Waals surface area contributed by atoms with Gasteiger partial charge >= 0.3 is 0 Å². The lowest BCUT2D eigenvalue weighted by Crippen LogP contribution is -2.66. The minimum atomic E-state index is -0.320. The summed E-state index contributed by atoms with van der Waals surface area (Å²) in [4.78, 5) is 2.26. The Morgan fingerprint density at radius 3 is 2.80 bits per heavy atom. The van der Waals surface area contributed by atoms with Crippen LogP contribution < -0.4 is 24.3 Å². The molecule has 0 saturated carbocycles. The number of phenolic OH excluding ortho intramolecular Hbond substituents is 1. The number of fused-ring (bicyclic) bond motifs is 9. The summed E-state index contributed by atoms with van der Waals surface area (Å²) in [6.07, 6.45) is 3.03. The Morgan fingerprint density at radius 2 is 2.06 bits per heavy atom. The average molecular weight is 476 g/mol. The summed E-state index contributed by atoms with van der Waals surface area (Å²) < 4.78 is 23.4. The summed E-state index contributed by atoms with van der Waals surface area (Å²) in [6, 6.07) is 4.06. The highest BCUT2D eigenvalue weighted by molar-refractivity contribution is 5.65. The summed E-state index contributed by atoms with van der Waals surface area (Å²) in [5.74, 6) is 2.95. The van der Waals surface area contributed by atoms with Gasteiger partial charge in [-0.25, -0.2) is 0 Å². The summed E-state index contributed by atoms with van der Waals surface area (Å²) in [6.45, 7) is 8.83. The predicted molar refractivity (Wildman–Crippen MR) is 128 cm³/mol. The first kappa shape index (κ1) is 22.1. The molecule has 4 atom stereocenters. The van der Waals surface area contributed by atoms with Gasteiger partial charge in [-0.05, 0) is 37.8 Å². The van der Waals surface area contributed by atoms with E-state index in [-0.39, 0.29) is 36.7 Å². The first-order valence-electron chi connectivity index (χ1n) is 12.0. The van der Waals surface area contributed by atoms with Gasteiger partial charge in [-0.1, -0.05) is 18.7 Å².